The Labute approximate surface area is 121 Å². The van der Waals surface area contributed by atoms with Crippen LogP contribution in [0.15, 0.2) is 48.5 Å². The highest BCUT2D eigenvalue weighted by Gasteiger charge is 2.14. The molecule has 3 aromatic rings. The summed E-state index contributed by atoms with van der Waals surface area (Å²) in [6.45, 7) is 2.07. The molecular weight excluding hydrogens is 267 g/mol. The van der Waals surface area contributed by atoms with Crippen molar-refractivity contribution in [3.63, 3.8) is 0 Å². The van der Waals surface area contributed by atoms with Gasteiger partial charge in [-0.25, -0.2) is 4.39 Å². The van der Waals surface area contributed by atoms with Gasteiger partial charge in [-0.15, -0.1) is 0 Å². The van der Waals surface area contributed by atoms with E-state index in [1.807, 2.05) is 31.2 Å². The van der Waals surface area contributed by atoms with E-state index < -0.39 is 0 Å². The molecule has 0 aliphatic rings. The number of benzene rings is 2. The van der Waals surface area contributed by atoms with Crippen molar-refractivity contribution in [1.82, 2.24) is 10.3 Å². The molecule has 0 spiro atoms. The number of hydrogen-bond donors (Lipinski definition) is 2. The molecule has 1 heterocycles. The zero-order chi connectivity index (χ0) is 14.8. The van der Waals surface area contributed by atoms with Crippen LogP contribution in [0.1, 0.15) is 21.6 Å². The summed E-state index contributed by atoms with van der Waals surface area (Å²) in [5.41, 5.74) is 2.81. The van der Waals surface area contributed by atoms with Crippen LogP contribution < -0.4 is 5.32 Å². The number of fused-ring (bicyclic) bond motifs is 1. The number of hydrogen-bond acceptors (Lipinski definition) is 1. The molecule has 3 rings (SSSR count). The molecule has 4 heteroatoms. The SMILES string of the molecule is Cc1c(C(=O)NCc2ccccc2F)[nH]c2ccccc12. The van der Waals surface area contributed by atoms with Crippen molar-refractivity contribution in [3.05, 3.63) is 71.2 Å². The lowest BCUT2D eigenvalue weighted by Gasteiger charge is -2.06. The van der Waals surface area contributed by atoms with E-state index in [4.69, 9.17) is 0 Å². The molecule has 3 nitrogen and oxygen atoms in total. The van der Waals surface area contributed by atoms with Crippen molar-refractivity contribution in [3.8, 4) is 0 Å². The van der Waals surface area contributed by atoms with Gasteiger partial charge in [0.15, 0.2) is 0 Å². The second kappa shape index (κ2) is 5.40. The predicted octanol–water partition coefficient (Wildman–Crippen LogP) is 3.55. The number of aromatic nitrogens is 1. The summed E-state index contributed by atoms with van der Waals surface area (Å²) in [7, 11) is 0. The maximum atomic E-state index is 13.5. The standard InChI is InChI=1S/C17H15FN2O/c1-11-13-7-3-5-9-15(13)20-16(11)17(21)19-10-12-6-2-4-8-14(12)18/h2-9,20H,10H2,1H3,(H,19,21). The number of para-hydroxylation sites is 1. The molecule has 0 saturated carbocycles. The molecule has 2 N–H and O–H groups in total. The van der Waals surface area contributed by atoms with Crippen LogP contribution in [-0.2, 0) is 6.54 Å². The van der Waals surface area contributed by atoms with E-state index in [-0.39, 0.29) is 18.3 Å². The van der Waals surface area contributed by atoms with Crippen LogP contribution in [0.2, 0.25) is 0 Å². The Morgan fingerprint density at radius 2 is 1.86 bits per heavy atom. The van der Waals surface area contributed by atoms with Gasteiger partial charge in [0.2, 0.25) is 0 Å². The first kappa shape index (κ1) is 13.4. The molecule has 1 amide bonds. The topological polar surface area (TPSA) is 44.9 Å². The molecule has 0 fully saturated rings. The van der Waals surface area contributed by atoms with Crippen molar-refractivity contribution in [1.29, 1.82) is 0 Å². The molecule has 106 valence electrons. The number of amides is 1. The number of H-pyrrole nitrogens is 1. The van der Waals surface area contributed by atoms with Gasteiger partial charge in [-0.2, -0.15) is 0 Å². The Hall–Kier alpha value is -2.62. The number of carbonyl (C=O) groups is 1. The van der Waals surface area contributed by atoms with Crippen LogP contribution in [0, 0.1) is 12.7 Å². The van der Waals surface area contributed by atoms with E-state index in [2.05, 4.69) is 10.3 Å². The van der Waals surface area contributed by atoms with Crippen LogP contribution in [-0.4, -0.2) is 10.9 Å². The van der Waals surface area contributed by atoms with Crippen LogP contribution in [0.4, 0.5) is 4.39 Å². The number of rotatable bonds is 3. The largest absolute Gasteiger partial charge is 0.350 e. The second-order valence-corrected chi connectivity index (χ2v) is 4.94. The average Bonchev–Trinajstić information content (AvgIpc) is 2.84. The zero-order valence-corrected chi connectivity index (χ0v) is 11.6. The minimum Gasteiger partial charge on any atom is -0.350 e. The fraction of sp³-hybridized carbons (Fsp3) is 0.118. The van der Waals surface area contributed by atoms with E-state index in [0.717, 1.165) is 16.5 Å². The number of carbonyl (C=O) groups excluding carboxylic acids is 1. The lowest BCUT2D eigenvalue weighted by Crippen LogP contribution is -2.24. The summed E-state index contributed by atoms with van der Waals surface area (Å²) in [6.07, 6.45) is 0. The van der Waals surface area contributed by atoms with E-state index in [9.17, 15) is 9.18 Å². The third kappa shape index (κ3) is 2.52. The summed E-state index contributed by atoms with van der Waals surface area (Å²) < 4.78 is 13.5. The highest BCUT2D eigenvalue weighted by molar-refractivity contribution is 6.00. The minimum absolute atomic E-state index is 0.167. The van der Waals surface area contributed by atoms with Crippen molar-refractivity contribution in [2.45, 2.75) is 13.5 Å². The normalized spacial score (nSPS) is 10.8. The van der Waals surface area contributed by atoms with Crippen LogP contribution in [0.3, 0.4) is 0 Å². The third-order valence-electron chi connectivity index (χ3n) is 3.59. The minimum atomic E-state index is -0.314. The van der Waals surface area contributed by atoms with Crippen LogP contribution in [0.25, 0.3) is 10.9 Å². The summed E-state index contributed by atoms with van der Waals surface area (Å²) in [6, 6.07) is 14.2. The van der Waals surface area contributed by atoms with Crippen molar-refractivity contribution in [2.24, 2.45) is 0 Å². The maximum Gasteiger partial charge on any atom is 0.268 e. The van der Waals surface area contributed by atoms with Crippen LogP contribution >= 0.6 is 0 Å². The Morgan fingerprint density at radius 1 is 1.14 bits per heavy atom. The first-order valence-corrected chi connectivity index (χ1v) is 6.75. The van der Waals surface area contributed by atoms with E-state index in [1.54, 1.807) is 18.2 Å². The smallest absolute Gasteiger partial charge is 0.268 e. The summed E-state index contributed by atoms with van der Waals surface area (Å²) >= 11 is 0. The lowest BCUT2D eigenvalue weighted by atomic mass is 10.1. The number of aromatic amines is 1. The van der Waals surface area contributed by atoms with Gasteiger partial charge < -0.3 is 10.3 Å². The fourth-order valence-corrected chi connectivity index (χ4v) is 2.41. The summed E-state index contributed by atoms with van der Waals surface area (Å²) in [5, 5.41) is 3.77. The number of nitrogens with one attached hydrogen (secondary N) is 2. The Kier molecular flexibility index (Phi) is 3.44. The van der Waals surface area contributed by atoms with Gasteiger partial charge in [-0.1, -0.05) is 36.4 Å². The Morgan fingerprint density at radius 3 is 2.62 bits per heavy atom. The first-order chi connectivity index (χ1) is 10.2. The Bertz CT molecular complexity index is 807. The van der Waals surface area contributed by atoms with Gasteiger partial charge in [0.05, 0.1) is 0 Å². The number of halogens is 1. The Balaban J connectivity index is 1.81. The van der Waals surface area contributed by atoms with Crippen LogP contribution in [0.5, 0.6) is 0 Å². The van der Waals surface area contributed by atoms with E-state index in [1.165, 1.54) is 6.07 Å². The summed E-state index contributed by atoms with van der Waals surface area (Å²) in [4.78, 5) is 15.4. The molecule has 2 aromatic carbocycles. The molecule has 0 unspecified atom stereocenters. The molecule has 0 aliphatic carbocycles. The van der Waals surface area contributed by atoms with Crippen molar-refractivity contribution >= 4 is 16.8 Å². The molecule has 0 atom stereocenters. The quantitative estimate of drug-likeness (QED) is 0.758. The van der Waals surface area contributed by atoms with Crippen molar-refractivity contribution in [2.75, 3.05) is 0 Å². The van der Waals surface area contributed by atoms with Gasteiger partial charge in [-0.3, -0.25) is 4.79 Å². The number of aryl methyl sites for hydroxylation is 1. The average molecular weight is 282 g/mol. The highest BCUT2D eigenvalue weighted by Crippen LogP contribution is 2.21. The molecular formula is C17H15FN2O. The van der Waals surface area contributed by atoms with E-state index in [0.29, 0.717) is 11.3 Å². The van der Waals surface area contributed by atoms with Gasteiger partial charge in [0.25, 0.3) is 5.91 Å². The molecule has 0 bridgehead atoms. The zero-order valence-electron chi connectivity index (χ0n) is 11.6. The first-order valence-electron chi connectivity index (χ1n) is 6.75. The molecule has 0 aliphatic heterocycles. The predicted molar refractivity (Wildman–Crippen MR) is 80.6 cm³/mol. The lowest BCUT2D eigenvalue weighted by molar-refractivity contribution is 0.0946. The monoisotopic (exact) mass is 282 g/mol. The fourth-order valence-electron chi connectivity index (χ4n) is 2.41. The molecule has 0 saturated heterocycles. The van der Waals surface area contributed by atoms with Crippen molar-refractivity contribution < 1.29 is 9.18 Å². The van der Waals surface area contributed by atoms with Gasteiger partial charge in [0.1, 0.15) is 11.5 Å². The van der Waals surface area contributed by atoms with Gasteiger partial charge in [0, 0.05) is 23.0 Å². The van der Waals surface area contributed by atoms with Gasteiger partial charge >= 0.3 is 0 Å². The third-order valence-corrected chi connectivity index (χ3v) is 3.59. The molecule has 0 radical (unpaired) electrons. The molecule has 21 heavy (non-hydrogen) atoms. The highest BCUT2D eigenvalue weighted by atomic mass is 19.1. The van der Waals surface area contributed by atoms with E-state index >= 15 is 0 Å². The summed E-state index contributed by atoms with van der Waals surface area (Å²) in [5.74, 6) is -0.543. The maximum absolute atomic E-state index is 13.5. The second-order valence-electron chi connectivity index (χ2n) is 4.94. The molecule has 1 aromatic heterocycles. The van der Waals surface area contributed by atoms with Gasteiger partial charge in [-0.05, 0) is 24.6 Å².